The third-order valence-corrected chi connectivity index (χ3v) is 9.16. The lowest BCUT2D eigenvalue weighted by Crippen LogP contribution is -2.64. The van der Waals surface area contributed by atoms with Crippen molar-refractivity contribution in [3.63, 3.8) is 0 Å². The molecule has 110 valence electrons. The van der Waals surface area contributed by atoms with E-state index in [0.29, 0.717) is 6.61 Å². The summed E-state index contributed by atoms with van der Waals surface area (Å²) in [6.07, 6.45) is 5.45. The molecule has 0 radical (unpaired) electrons. The predicted molar refractivity (Wildman–Crippen MR) is 79.5 cm³/mol. The van der Waals surface area contributed by atoms with Crippen molar-refractivity contribution in [2.45, 2.75) is 70.2 Å². The fraction of sp³-hybridized carbons (Fsp3) is 0.867. The molecule has 2 aliphatic heterocycles. The van der Waals surface area contributed by atoms with E-state index in [1.807, 2.05) is 0 Å². The molecule has 0 aromatic carbocycles. The minimum atomic E-state index is -2.35. The van der Waals surface area contributed by atoms with Crippen LogP contribution in [0.15, 0.2) is 12.2 Å². The Morgan fingerprint density at radius 1 is 1.05 bits per heavy atom. The Morgan fingerprint density at radius 2 is 1.68 bits per heavy atom. The molecule has 0 unspecified atom stereocenters. The molecule has 1 saturated heterocycles. The van der Waals surface area contributed by atoms with Gasteiger partial charge in [-0.15, -0.1) is 0 Å². The van der Waals surface area contributed by atoms with E-state index in [1.54, 1.807) is 0 Å². The van der Waals surface area contributed by atoms with Crippen molar-refractivity contribution in [2.24, 2.45) is 0 Å². The zero-order valence-corrected chi connectivity index (χ0v) is 14.2. The fourth-order valence-corrected chi connectivity index (χ4v) is 8.24. The van der Waals surface area contributed by atoms with Crippen molar-refractivity contribution in [3.8, 4) is 0 Å². The summed E-state index contributed by atoms with van der Waals surface area (Å²) in [6.45, 7) is 14.9. The maximum absolute atomic E-state index is 6.59. The lowest BCUT2D eigenvalue weighted by molar-refractivity contribution is -0.0864. The van der Waals surface area contributed by atoms with Crippen LogP contribution in [-0.4, -0.2) is 34.0 Å². The maximum Gasteiger partial charge on any atom is 0.349 e. The van der Waals surface area contributed by atoms with E-state index < -0.39 is 8.56 Å². The van der Waals surface area contributed by atoms with Crippen molar-refractivity contribution in [2.75, 3.05) is 13.2 Å². The zero-order valence-electron chi connectivity index (χ0n) is 13.2. The smallest absolute Gasteiger partial charge is 0.349 e. The predicted octanol–water partition coefficient (Wildman–Crippen LogP) is 3.79. The molecule has 0 spiro atoms. The summed E-state index contributed by atoms with van der Waals surface area (Å²) >= 11 is 0. The molecule has 0 bridgehead atoms. The van der Waals surface area contributed by atoms with E-state index in [9.17, 15) is 0 Å². The second-order valence-corrected chi connectivity index (χ2v) is 12.4. The molecule has 0 N–H and O–H groups in total. The van der Waals surface area contributed by atoms with Crippen LogP contribution in [0.5, 0.6) is 0 Å². The number of hydrogen-bond acceptors (Lipinski definition) is 3. The molecule has 2 atom stereocenters. The van der Waals surface area contributed by atoms with Crippen LogP contribution in [0.2, 0.25) is 10.1 Å². The largest absolute Gasteiger partial charge is 0.391 e. The number of rotatable bonds is 0. The fourth-order valence-electron chi connectivity index (χ4n) is 3.33. The first-order valence-electron chi connectivity index (χ1n) is 7.27. The van der Waals surface area contributed by atoms with Crippen LogP contribution >= 0.6 is 0 Å². The highest BCUT2D eigenvalue weighted by atomic mass is 28.4. The normalized spacial score (nSPS) is 31.7. The van der Waals surface area contributed by atoms with E-state index in [1.165, 1.54) is 0 Å². The van der Waals surface area contributed by atoms with Crippen molar-refractivity contribution < 1.29 is 13.6 Å². The first-order valence-corrected chi connectivity index (χ1v) is 9.09. The quantitative estimate of drug-likeness (QED) is 0.500. The highest BCUT2D eigenvalue weighted by Crippen LogP contribution is 2.54. The summed E-state index contributed by atoms with van der Waals surface area (Å²) in [4.78, 5) is 0. The molecule has 0 aromatic rings. The van der Waals surface area contributed by atoms with Gasteiger partial charge < -0.3 is 13.6 Å². The van der Waals surface area contributed by atoms with Crippen molar-refractivity contribution in [1.29, 1.82) is 0 Å². The van der Waals surface area contributed by atoms with E-state index in [4.69, 9.17) is 13.6 Å². The van der Waals surface area contributed by atoms with Crippen molar-refractivity contribution in [3.05, 3.63) is 12.2 Å². The summed E-state index contributed by atoms with van der Waals surface area (Å²) in [5, 5.41) is 0.0761. The van der Waals surface area contributed by atoms with Gasteiger partial charge in [-0.25, -0.2) is 0 Å². The third kappa shape index (κ3) is 2.68. The molecule has 0 amide bonds. The van der Waals surface area contributed by atoms with Crippen LogP contribution < -0.4 is 0 Å². The van der Waals surface area contributed by atoms with Crippen LogP contribution in [0.4, 0.5) is 0 Å². The maximum atomic E-state index is 6.59. The molecule has 0 saturated carbocycles. The second-order valence-electron chi connectivity index (χ2n) is 7.64. The van der Waals surface area contributed by atoms with Gasteiger partial charge in [-0.05, 0) is 6.42 Å². The zero-order chi connectivity index (χ0) is 14.3. The van der Waals surface area contributed by atoms with Gasteiger partial charge in [0, 0.05) is 10.1 Å². The Balaban J connectivity index is 2.32. The standard InChI is InChI=1S/C15H28O3Si/c1-14(2,3)19(15(4,5)6)17-11-13-12(18-19)9-7-8-10-16-13/h7,9,12-13H,8,10-11H2,1-6H3/t12-,13-/m1/s1. The summed E-state index contributed by atoms with van der Waals surface area (Å²) in [7, 11) is -2.35. The van der Waals surface area contributed by atoms with Gasteiger partial charge >= 0.3 is 8.56 Å². The van der Waals surface area contributed by atoms with Crippen molar-refractivity contribution >= 4 is 8.56 Å². The van der Waals surface area contributed by atoms with Crippen LogP contribution in [0, 0.1) is 0 Å². The second kappa shape index (κ2) is 4.99. The molecule has 2 aliphatic rings. The molecule has 1 fully saturated rings. The summed E-state index contributed by atoms with van der Waals surface area (Å²) in [5.74, 6) is 0. The van der Waals surface area contributed by atoms with Gasteiger partial charge in [0.1, 0.15) is 6.10 Å². The molecule has 4 heteroatoms. The van der Waals surface area contributed by atoms with E-state index in [0.717, 1.165) is 13.0 Å². The molecule has 2 heterocycles. The van der Waals surface area contributed by atoms with Gasteiger partial charge in [0.25, 0.3) is 0 Å². The third-order valence-electron chi connectivity index (χ3n) is 4.04. The highest BCUT2D eigenvalue weighted by Gasteiger charge is 2.61. The van der Waals surface area contributed by atoms with E-state index in [2.05, 4.69) is 53.7 Å². The summed E-state index contributed by atoms with van der Waals surface area (Å²) < 4.78 is 18.8. The molecule has 2 rings (SSSR count). The number of hydrogen-bond donors (Lipinski definition) is 0. The first kappa shape index (κ1) is 15.2. The van der Waals surface area contributed by atoms with Gasteiger partial charge in [0.05, 0.1) is 19.3 Å². The molecular formula is C15H28O3Si. The molecular weight excluding hydrogens is 256 g/mol. The highest BCUT2D eigenvalue weighted by molar-refractivity contribution is 6.73. The number of ether oxygens (including phenoxy) is 1. The monoisotopic (exact) mass is 284 g/mol. The van der Waals surface area contributed by atoms with Gasteiger partial charge in [-0.3, -0.25) is 0 Å². The minimum Gasteiger partial charge on any atom is -0.391 e. The average molecular weight is 284 g/mol. The Hall–Kier alpha value is -0.163. The SMILES string of the molecule is CC(C)(C)[Si]1(C(C)(C)C)OC[C@H]2OCCC=C[C@H]2O1. The lowest BCUT2D eigenvalue weighted by Gasteiger charge is -2.54. The topological polar surface area (TPSA) is 27.7 Å². The minimum absolute atomic E-state index is 0.0381. The van der Waals surface area contributed by atoms with Gasteiger partial charge in [-0.1, -0.05) is 53.7 Å². The van der Waals surface area contributed by atoms with Gasteiger partial charge in [0.15, 0.2) is 0 Å². The summed E-state index contributed by atoms with van der Waals surface area (Å²) in [6, 6.07) is 0. The Labute approximate surface area is 118 Å². The molecule has 0 aliphatic carbocycles. The average Bonchev–Trinajstić information content (AvgIpc) is 2.49. The van der Waals surface area contributed by atoms with E-state index >= 15 is 0 Å². The molecule has 19 heavy (non-hydrogen) atoms. The lowest BCUT2D eigenvalue weighted by atomic mass is 10.2. The Bertz CT molecular complexity index is 337. The van der Waals surface area contributed by atoms with Crippen LogP contribution in [0.25, 0.3) is 0 Å². The van der Waals surface area contributed by atoms with Crippen molar-refractivity contribution in [1.82, 2.24) is 0 Å². The van der Waals surface area contributed by atoms with Gasteiger partial charge in [-0.2, -0.15) is 0 Å². The summed E-state index contributed by atoms with van der Waals surface area (Å²) in [5.41, 5.74) is 0. The van der Waals surface area contributed by atoms with Crippen LogP contribution in [0.1, 0.15) is 48.0 Å². The first-order chi connectivity index (χ1) is 8.67. The van der Waals surface area contributed by atoms with Gasteiger partial charge in [0.2, 0.25) is 0 Å². The Morgan fingerprint density at radius 3 is 2.26 bits per heavy atom. The Kier molecular flexibility index (Phi) is 4.00. The molecule has 0 aromatic heterocycles. The van der Waals surface area contributed by atoms with Crippen LogP contribution in [-0.2, 0) is 13.6 Å². The van der Waals surface area contributed by atoms with E-state index in [-0.39, 0.29) is 22.3 Å². The molecule has 3 nitrogen and oxygen atoms in total. The van der Waals surface area contributed by atoms with Crippen LogP contribution in [0.3, 0.4) is 0 Å². The number of fused-ring (bicyclic) bond motifs is 1.